The molecule has 1 atom stereocenters. The molecule has 0 spiro atoms. The fourth-order valence-corrected chi connectivity index (χ4v) is 1.84. The summed E-state index contributed by atoms with van der Waals surface area (Å²) in [6.07, 6.45) is 4.83. The van der Waals surface area contributed by atoms with E-state index in [1.54, 1.807) is 0 Å². The quantitative estimate of drug-likeness (QED) is 0.450. The van der Waals surface area contributed by atoms with Crippen molar-refractivity contribution in [1.29, 1.82) is 0 Å². The van der Waals surface area contributed by atoms with Crippen LogP contribution in [-0.2, 0) is 0 Å². The molecule has 0 heterocycles. The van der Waals surface area contributed by atoms with E-state index in [1.165, 1.54) is 25.7 Å². The van der Waals surface area contributed by atoms with Crippen LogP contribution >= 0.6 is 0 Å². The zero-order chi connectivity index (χ0) is 8.91. The Morgan fingerprint density at radius 1 is 1.18 bits per heavy atom. The summed E-state index contributed by atoms with van der Waals surface area (Å²) in [7, 11) is 2.06. The predicted molar refractivity (Wildman–Crippen MR) is 49.3 cm³/mol. The van der Waals surface area contributed by atoms with E-state index < -0.39 is 0 Å². The average Bonchev–Trinajstić information content (AvgIpc) is 2.00. The van der Waals surface area contributed by atoms with Crippen molar-refractivity contribution < 1.29 is 5.01 Å². The van der Waals surface area contributed by atoms with Crippen molar-refractivity contribution in [2.75, 3.05) is 7.05 Å². The van der Waals surface area contributed by atoms with E-state index in [0.717, 1.165) is 5.01 Å². The Morgan fingerprint density at radius 3 is 1.73 bits per heavy atom. The number of nitrogens with two attached hydrogens (primary N) is 1. The van der Waals surface area contributed by atoms with Crippen LogP contribution < -0.4 is 10.9 Å². The molecule has 0 rings (SSSR count). The van der Waals surface area contributed by atoms with Crippen LogP contribution in [0.5, 0.6) is 0 Å². The number of hydrogen-bond acceptors (Lipinski definition) is 1. The van der Waals surface area contributed by atoms with Crippen molar-refractivity contribution in [3.8, 4) is 0 Å². The number of nitrogens with one attached hydrogen (secondary N) is 1. The zero-order valence-corrected chi connectivity index (χ0v) is 8.41. The van der Waals surface area contributed by atoms with Crippen LogP contribution in [0.2, 0.25) is 0 Å². The molecule has 0 aliphatic rings. The highest BCUT2D eigenvalue weighted by Crippen LogP contribution is 2.16. The van der Waals surface area contributed by atoms with Crippen LogP contribution in [0.4, 0.5) is 0 Å². The highest BCUT2D eigenvalue weighted by atomic mass is 15.4. The standard InChI is InChI=1S/C9H22N2/c1-5-8-9(6-2,7-3)11(4)10/h5-8,10H2,1-4H3/p+1. The van der Waals surface area contributed by atoms with Crippen LogP contribution in [0.3, 0.4) is 0 Å². The maximum Gasteiger partial charge on any atom is 0.114 e. The van der Waals surface area contributed by atoms with E-state index in [-0.39, 0.29) is 0 Å². The van der Waals surface area contributed by atoms with E-state index in [1.807, 2.05) is 0 Å². The Balaban J connectivity index is 4.20. The molecule has 0 fully saturated rings. The third kappa shape index (κ3) is 2.46. The summed E-state index contributed by atoms with van der Waals surface area (Å²) in [5.74, 6) is 5.90. The first-order chi connectivity index (χ1) is 5.13. The third-order valence-corrected chi connectivity index (χ3v) is 2.92. The van der Waals surface area contributed by atoms with E-state index in [2.05, 4.69) is 27.8 Å². The Morgan fingerprint density at radius 2 is 1.64 bits per heavy atom. The Bertz CT molecular complexity index is 95.7. The first-order valence-electron chi connectivity index (χ1n) is 4.72. The van der Waals surface area contributed by atoms with Gasteiger partial charge in [0.05, 0.1) is 7.05 Å². The Hall–Kier alpha value is -0.0800. The topological polar surface area (TPSA) is 30.5 Å². The summed E-state index contributed by atoms with van der Waals surface area (Å²) < 4.78 is 0. The molecule has 68 valence electrons. The minimum Gasteiger partial charge on any atom is -0.257 e. The summed E-state index contributed by atoms with van der Waals surface area (Å²) in [6.45, 7) is 6.69. The van der Waals surface area contributed by atoms with Gasteiger partial charge in [0.25, 0.3) is 0 Å². The molecule has 0 saturated heterocycles. The molecular weight excluding hydrogens is 136 g/mol. The molecule has 3 N–H and O–H groups in total. The molecule has 2 heteroatoms. The maximum atomic E-state index is 5.90. The van der Waals surface area contributed by atoms with Crippen molar-refractivity contribution in [3.63, 3.8) is 0 Å². The second-order valence-electron chi connectivity index (χ2n) is 3.42. The van der Waals surface area contributed by atoms with Gasteiger partial charge < -0.3 is 0 Å². The van der Waals surface area contributed by atoms with Gasteiger partial charge in [-0.05, 0) is 0 Å². The molecule has 0 bridgehead atoms. The van der Waals surface area contributed by atoms with Gasteiger partial charge in [-0.1, -0.05) is 27.2 Å². The summed E-state index contributed by atoms with van der Waals surface area (Å²) in [4.78, 5) is 0. The van der Waals surface area contributed by atoms with Gasteiger partial charge in [0.2, 0.25) is 0 Å². The second-order valence-corrected chi connectivity index (χ2v) is 3.42. The van der Waals surface area contributed by atoms with Gasteiger partial charge in [-0.15, -0.1) is 0 Å². The molecular formula is C9H23N2+. The van der Waals surface area contributed by atoms with E-state index in [4.69, 9.17) is 5.84 Å². The largest absolute Gasteiger partial charge is 0.257 e. The fraction of sp³-hybridized carbons (Fsp3) is 1.00. The van der Waals surface area contributed by atoms with Crippen molar-refractivity contribution in [2.24, 2.45) is 5.84 Å². The Labute approximate surface area is 70.7 Å². The van der Waals surface area contributed by atoms with Crippen molar-refractivity contribution in [2.45, 2.75) is 52.0 Å². The van der Waals surface area contributed by atoms with Gasteiger partial charge in [-0.25, -0.2) is 0 Å². The lowest BCUT2D eigenvalue weighted by atomic mass is 9.87. The van der Waals surface area contributed by atoms with Gasteiger partial charge in [0.15, 0.2) is 0 Å². The average molecular weight is 159 g/mol. The molecule has 1 unspecified atom stereocenters. The Kier molecular flexibility index (Phi) is 4.69. The second kappa shape index (κ2) is 4.73. The van der Waals surface area contributed by atoms with Gasteiger partial charge in [-0.2, -0.15) is 5.84 Å². The number of rotatable bonds is 5. The lowest BCUT2D eigenvalue weighted by molar-refractivity contribution is -0.948. The molecule has 0 radical (unpaired) electrons. The predicted octanol–water partition coefficient (Wildman–Crippen LogP) is 0.734. The first-order valence-corrected chi connectivity index (χ1v) is 4.72. The molecule has 11 heavy (non-hydrogen) atoms. The van der Waals surface area contributed by atoms with Gasteiger partial charge >= 0.3 is 0 Å². The lowest BCUT2D eigenvalue weighted by Gasteiger charge is -2.33. The minimum atomic E-state index is 0.328. The van der Waals surface area contributed by atoms with E-state index in [0.29, 0.717) is 5.54 Å². The lowest BCUT2D eigenvalue weighted by Crippen LogP contribution is -3.22. The zero-order valence-electron chi connectivity index (χ0n) is 8.41. The summed E-state index contributed by atoms with van der Waals surface area (Å²) in [5.41, 5.74) is 0.328. The summed E-state index contributed by atoms with van der Waals surface area (Å²) >= 11 is 0. The molecule has 0 amide bonds. The molecule has 0 aromatic rings. The third-order valence-electron chi connectivity index (χ3n) is 2.92. The van der Waals surface area contributed by atoms with Crippen molar-refractivity contribution in [3.05, 3.63) is 0 Å². The van der Waals surface area contributed by atoms with E-state index in [9.17, 15) is 0 Å². The van der Waals surface area contributed by atoms with Crippen LogP contribution in [-0.4, -0.2) is 12.6 Å². The molecule has 0 saturated carbocycles. The fourth-order valence-electron chi connectivity index (χ4n) is 1.84. The molecule has 0 aliphatic heterocycles. The highest BCUT2D eigenvalue weighted by molar-refractivity contribution is 4.73. The summed E-state index contributed by atoms with van der Waals surface area (Å²) in [6, 6.07) is 0. The molecule has 0 aromatic carbocycles. The maximum absolute atomic E-state index is 5.90. The monoisotopic (exact) mass is 159 g/mol. The minimum absolute atomic E-state index is 0.328. The van der Waals surface area contributed by atoms with E-state index >= 15 is 0 Å². The van der Waals surface area contributed by atoms with Crippen molar-refractivity contribution >= 4 is 0 Å². The van der Waals surface area contributed by atoms with Crippen LogP contribution in [0.1, 0.15) is 46.5 Å². The first kappa shape index (κ1) is 10.9. The molecule has 0 aromatic heterocycles. The van der Waals surface area contributed by atoms with Crippen LogP contribution in [0, 0.1) is 0 Å². The summed E-state index contributed by atoms with van der Waals surface area (Å²) in [5, 5.41) is 1.12. The van der Waals surface area contributed by atoms with Crippen LogP contribution in [0.25, 0.3) is 0 Å². The molecule has 2 nitrogen and oxygen atoms in total. The SMILES string of the molecule is CCCC(CC)(CC)[NH+](C)N. The van der Waals surface area contributed by atoms with Crippen molar-refractivity contribution in [1.82, 2.24) is 0 Å². The van der Waals surface area contributed by atoms with Gasteiger partial charge in [0.1, 0.15) is 5.54 Å². The smallest absolute Gasteiger partial charge is 0.114 e. The van der Waals surface area contributed by atoms with Gasteiger partial charge in [0, 0.05) is 19.3 Å². The van der Waals surface area contributed by atoms with Crippen LogP contribution in [0.15, 0.2) is 0 Å². The number of hydrogen-bond donors (Lipinski definition) is 2. The highest BCUT2D eigenvalue weighted by Gasteiger charge is 2.32. The molecule has 0 aliphatic carbocycles. The normalized spacial score (nSPS) is 15.0. The number of quaternary nitrogens is 1. The van der Waals surface area contributed by atoms with Gasteiger partial charge in [-0.3, -0.25) is 5.01 Å².